The van der Waals surface area contributed by atoms with Gasteiger partial charge in [-0.05, 0) is 6.92 Å². The molecule has 0 bridgehead atoms. The number of aliphatic hydroxyl groups excluding tert-OH is 4. The Bertz CT molecular complexity index is 268. The number of aliphatic hydroxyl groups is 4. The van der Waals surface area contributed by atoms with Crippen LogP contribution in [0.5, 0.6) is 0 Å². The molecule has 100 valence electrons. The van der Waals surface area contributed by atoms with Crippen LogP contribution in [0.2, 0.25) is 0 Å². The van der Waals surface area contributed by atoms with Crippen molar-refractivity contribution in [1.82, 2.24) is 0 Å². The molecule has 17 heavy (non-hydrogen) atoms. The molecule has 1 rings (SSSR count). The van der Waals surface area contributed by atoms with Gasteiger partial charge in [-0.3, -0.25) is 0 Å². The van der Waals surface area contributed by atoms with E-state index in [-0.39, 0.29) is 0 Å². The van der Waals surface area contributed by atoms with E-state index < -0.39 is 49.4 Å². The van der Waals surface area contributed by atoms with Crippen molar-refractivity contribution >= 4 is 5.97 Å². The summed E-state index contributed by atoms with van der Waals surface area (Å²) in [5, 5.41) is 45.9. The fourth-order valence-corrected chi connectivity index (χ4v) is 1.44. The monoisotopic (exact) mass is 252 g/mol. The van der Waals surface area contributed by atoms with E-state index in [2.05, 4.69) is 0 Å². The standard InChI is InChI=1S/C9H16O8/c1-3(8(14)15)16-9-7(13)6(12)5(11)4(2-10)17-9/h3-7,9-13H,2H2,1H3,(H,14,15)/t3?,4?,5-,6+,7?,9+/m1/s1. The Kier molecular flexibility index (Phi) is 4.80. The van der Waals surface area contributed by atoms with Crippen molar-refractivity contribution in [1.29, 1.82) is 0 Å². The predicted octanol–water partition coefficient (Wildman–Crippen LogP) is -2.72. The molecule has 0 saturated carbocycles. The van der Waals surface area contributed by atoms with Gasteiger partial charge < -0.3 is 35.0 Å². The smallest absolute Gasteiger partial charge is 0.332 e. The van der Waals surface area contributed by atoms with Crippen molar-refractivity contribution in [3.63, 3.8) is 0 Å². The SMILES string of the molecule is CC(O[C@H]1OC(CO)[C@@H](O)[C@H](O)C1O)C(=O)O. The number of carbonyl (C=O) groups is 1. The molecule has 1 fully saturated rings. The molecular formula is C9H16O8. The second-order valence-electron chi connectivity index (χ2n) is 3.81. The zero-order valence-corrected chi connectivity index (χ0v) is 9.13. The topological polar surface area (TPSA) is 137 Å². The van der Waals surface area contributed by atoms with E-state index in [4.69, 9.17) is 19.7 Å². The van der Waals surface area contributed by atoms with Gasteiger partial charge in [0.05, 0.1) is 6.61 Å². The van der Waals surface area contributed by atoms with E-state index in [0.717, 1.165) is 0 Å². The molecule has 0 aromatic rings. The van der Waals surface area contributed by atoms with Gasteiger partial charge in [-0.25, -0.2) is 4.79 Å². The highest BCUT2D eigenvalue weighted by molar-refractivity contribution is 5.71. The van der Waals surface area contributed by atoms with Crippen LogP contribution in [0.15, 0.2) is 0 Å². The average molecular weight is 252 g/mol. The third kappa shape index (κ3) is 3.12. The molecule has 5 N–H and O–H groups in total. The van der Waals surface area contributed by atoms with Crippen LogP contribution in [0.25, 0.3) is 0 Å². The molecule has 0 spiro atoms. The van der Waals surface area contributed by atoms with Crippen molar-refractivity contribution in [2.24, 2.45) is 0 Å². The maximum atomic E-state index is 10.6. The van der Waals surface area contributed by atoms with Gasteiger partial charge in [0.1, 0.15) is 24.4 Å². The van der Waals surface area contributed by atoms with E-state index in [1.54, 1.807) is 0 Å². The predicted molar refractivity (Wildman–Crippen MR) is 52.0 cm³/mol. The van der Waals surface area contributed by atoms with Gasteiger partial charge in [-0.1, -0.05) is 0 Å². The molecule has 0 aromatic heterocycles. The van der Waals surface area contributed by atoms with E-state index in [1.165, 1.54) is 6.92 Å². The molecule has 0 aromatic carbocycles. The summed E-state index contributed by atoms with van der Waals surface area (Å²) in [7, 11) is 0. The summed E-state index contributed by atoms with van der Waals surface area (Å²) in [6, 6.07) is 0. The van der Waals surface area contributed by atoms with Crippen molar-refractivity contribution in [2.45, 2.75) is 43.7 Å². The minimum atomic E-state index is -1.59. The molecule has 1 saturated heterocycles. The molecule has 0 aliphatic carbocycles. The highest BCUT2D eigenvalue weighted by Crippen LogP contribution is 2.22. The summed E-state index contributed by atoms with van der Waals surface area (Å²) in [6.45, 7) is 0.635. The molecule has 6 atom stereocenters. The van der Waals surface area contributed by atoms with Crippen LogP contribution in [0.4, 0.5) is 0 Å². The first-order chi connectivity index (χ1) is 7.88. The van der Waals surface area contributed by atoms with E-state index >= 15 is 0 Å². The summed E-state index contributed by atoms with van der Waals surface area (Å²) < 4.78 is 9.82. The largest absolute Gasteiger partial charge is 0.479 e. The second kappa shape index (κ2) is 5.71. The van der Waals surface area contributed by atoms with Crippen molar-refractivity contribution in [3.05, 3.63) is 0 Å². The summed E-state index contributed by atoms with van der Waals surface area (Å²) in [6.07, 6.45) is -8.44. The van der Waals surface area contributed by atoms with E-state index in [1.807, 2.05) is 0 Å². The van der Waals surface area contributed by atoms with Gasteiger partial charge in [0, 0.05) is 0 Å². The van der Waals surface area contributed by atoms with E-state index in [9.17, 15) is 20.1 Å². The Labute approximate surface area is 97.0 Å². The van der Waals surface area contributed by atoms with Gasteiger partial charge >= 0.3 is 5.97 Å². The van der Waals surface area contributed by atoms with Crippen LogP contribution >= 0.6 is 0 Å². The van der Waals surface area contributed by atoms with Gasteiger partial charge in [0.25, 0.3) is 0 Å². The lowest BCUT2D eigenvalue weighted by molar-refractivity contribution is -0.308. The molecule has 1 aliphatic heterocycles. The van der Waals surface area contributed by atoms with Gasteiger partial charge in [-0.15, -0.1) is 0 Å². The Hall–Kier alpha value is -0.770. The summed E-state index contributed by atoms with van der Waals surface area (Å²) in [5.41, 5.74) is 0. The Morgan fingerprint density at radius 3 is 2.35 bits per heavy atom. The molecule has 1 heterocycles. The number of ether oxygens (including phenoxy) is 2. The number of carboxylic acids is 1. The summed E-state index contributed by atoms with van der Waals surface area (Å²) in [5.74, 6) is -1.26. The van der Waals surface area contributed by atoms with Gasteiger partial charge in [0.2, 0.25) is 0 Å². The third-order valence-electron chi connectivity index (χ3n) is 2.53. The normalized spacial score (nSPS) is 39.9. The molecule has 8 nitrogen and oxygen atoms in total. The number of aliphatic carboxylic acids is 1. The van der Waals surface area contributed by atoms with Crippen LogP contribution < -0.4 is 0 Å². The first-order valence-electron chi connectivity index (χ1n) is 5.07. The minimum absolute atomic E-state index is 0.591. The fraction of sp³-hybridized carbons (Fsp3) is 0.889. The third-order valence-corrected chi connectivity index (χ3v) is 2.53. The Morgan fingerprint density at radius 1 is 1.29 bits per heavy atom. The molecule has 3 unspecified atom stereocenters. The quantitative estimate of drug-likeness (QED) is 0.364. The highest BCUT2D eigenvalue weighted by Gasteiger charge is 2.44. The number of hydrogen-bond donors (Lipinski definition) is 5. The van der Waals surface area contributed by atoms with Crippen LogP contribution in [-0.2, 0) is 14.3 Å². The molecule has 8 heteroatoms. The summed E-state index contributed by atoms with van der Waals surface area (Å²) >= 11 is 0. The van der Waals surface area contributed by atoms with Crippen molar-refractivity contribution < 1.29 is 39.8 Å². The minimum Gasteiger partial charge on any atom is -0.479 e. The molecular weight excluding hydrogens is 236 g/mol. The maximum absolute atomic E-state index is 10.6. The lowest BCUT2D eigenvalue weighted by Crippen LogP contribution is -2.59. The molecule has 0 amide bonds. The zero-order valence-electron chi connectivity index (χ0n) is 9.13. The zero-order chi connectivity index (χ0) is 13.2. The number of rotatable bonds is 4. The molecule has 1 aliphatic rings. The Morgan fingerprint density at radius 2 is 1.88 bits per heavy atom. The number of hydrogen-bond acceptors (Lipinski definition) is 7. The van der Waals surface area contributed by atoms with Crippen molar-refractivity contribution in [3.8, 4) is 0 Å². The van der Waals surface area contributed by atoms with Crippen LogP contribution in [0, 0.1) is 0 Å². The fourth-order valence-electron chi connectivity index (χ4n) is 1.44. The van der Waals surface area contributed by atoms with Gasteiger partial charge in [0.15, 0.2) is 12.4 Å². The lowest BCUT2D eigenvalue weighted by Gasteiger charge is -2.40. The van der Waals surface area contributed by atoms with Gasteiger partial charge in [-0.2, -0.15) is 0 Å². The van der Waals surface area contributed by atoms with Crippen LogP contribution in [-0.4, -0.2) is 74.9 Å². The van der Waals surface area contributed by atoms with Crippen LogP contribution in [0.3, 0.4) is 0 Å². The molecule has 0 radical (unpaired) electrons. The number of carboxylic acid groups (broad SMARTS) is 1. The maximum Gasteiger partial charge on any atom is 0.332 e. The second-order valence-corrected chi connectivity index (χ2v) is 3.81. The summed E-state index contributed by atoms with van der Waals surface area (Å²) in [4.78, 5) is 10.6. The average Bonchev–Trinajstić information content (AvgIpc) is 2.29. The Balaban J connectivity index is 2.68. The van der Waals surface area contributed by atoms with Crippen LogP contribution in [0.1, 0.15) is 6.92 Å². The van der Waals surface area contributed by atoms with Crippen molar-refractivity contribution in [2.75, 3.05) is 6.61 Å². The van der Waals surface area contributed by atoms with E-state index in [0.29, 0.717) is 0 Å². The first kappa shape index (κ1) is 14.3. The first-order valence-corrected chi connectivity index (χ1v) is 5.07. The highest BCUT2D eigenvalue weighted by atomic mass is 16.7. The lowest BCUT2D eigenvalue weighted by atomic mass is 9.99.